The molecule has 1 saturated carbocycles. The first kappa shape index (κ1) is 27.0. The lowest BCUT2D eigenvalue weighted by molar-refractivity contribution is -0.138. The summed E-state index contributed by atoms with van der Waals surface area (Å²) in [5.41, 5.74) is 1.04. The van der Waals surface area contributed by atoms with E-state index in [2.05, 4.69) is 5.32 Å². The topological polar surface area (TPSA) is 99.5 Å². The third-order valence-corrected chi connectivity index (χ3v) is 7.25. The summed E-state index contributed by atoms with van der Waals surface area (Å²) < 4.78 is 33.9. The molecule has 0 aromatic heterocycles. The van der Waals surface area contributed by atoms with Gasteiger partial charge in [0.1, 0.15) is 28.8 Å². The Labute approximate surface area is 230 Å². The lowest BCUT2D eigenvalue weighted by Crippen LogP contribution is -2.31. The zero-order chi connectivity index (χ0) is 28.2. The molecule has 0 spiro atoms. The van der Waals surface area contributed by atoms with Gasteiger partial charge in [-0.2, -0.15) is 0 Å². The standard InChI is InChI=1S/C32H28F2N2O4/c33-27-6-3-7-28(34)29(27)31(37)36-30(35)22-11-10-20-9-8-19(16-23(20)18-22)17-26(32(38)39)21-12-14-25(15-13-21)40-24-4-1-2-5-24/h3,6-16,18,24,26H,1-2,4-5,17H2,(H,38,39)(H2,35,36,37)/t26-/m0/s1. The van der Waals surface area contributed by atoms with E-state index < -0.39 is 35.0 Å². The van der Waals surface area contributed by atoms with Crippen molar-refractivity contribution in [3.63, 3.8) is 0 Å². The minimum atomic E-state index is -1.06. The molecule has 1 atom stereocenters. The summed E-state index contributed by atoms with van der Waals surface area (Å²) in [5.74, 6) is -4.38. The van der Waals surface area contributed by atoms with E-state index in [4.69, 9.17) is 10.1 Å². The van der Waals surface area contributed by atoms with Gasteiger partial charge in [-0.05, 0) is 84.3 Å². The molecular formula is C32H28F2N2O4. The van der Waals surface area contributed by atoms with Crippen LogP contribution >= 0.6 is 0 Å². The molecule has 3 N–H and O–H groups in total. The number of carboxylic acid groups (broad SMARTS) is 1. The highest BCUT2D eigenvalue weighted by atomic mass is 19.1. The second-order valence-corrected chi connectivity index (χ2v) is 10.0. The summed E-state index contributed by atoms with van der Waals surface area (Å²) >= 11 is 0. The van der Waals surface area contributed by atoms with E-state index in [-0.39, 0.29) is 18.4 Å². The third-order valence-electron chi connectivity index (χ3n) is 7.25. The highest BCUT2D eigenvalue weighted by molar-refractivity contribution is 6.12. The average molecular weight is 543 g/mol. The highest BCUT2D eigenvalue weighted by Crippen LogP contribution is 2.28. The molecule has 0 saturated heterocycles. The van der Waals surface area contributed by atoms with Crippen LogP contribution in [0, 0.1) is 17.0 Å². The second-order valence-electron chi connectivity index (χ2n) is 10.0. The molecule has 4 aromatic rings. The first-order valence-electron chi connectivity index (χ1n) is 13.1. The zero-order valence-corrected chi connectivity index (χ0v) is 21.6. The molecule has 1 aliphatic rings. The van der Waals surface area contributed by atoms with Gasteiger partial charge in [-0.15, -0.1) is 0 Å². The van der Waals surface area contributed by atoms with Crippen molar-refractivity contribution >= 4 is 28.5 Å². The fourth-order valence-electron chi connectivity index (χ4n) is 5.10. The Hall–Kier alpha value is -4.59. The van der Waals surface area contributed by atoms with Crippen molar-refractivity contribution in [1.29, 1.82) is 5.41 Å². The number of aliphatic carboxylic acids is 1. The minimum absolute atomic E-state index is 0.221. The Bertz CT molecular complexity index is 1560. The Kier molecular flexibility index (Phi) is 7.86. The molecule has 8 heteroatoms. The van der Waals surface area contributed by atoms with Crippen LogP contribution < -0.4 is 10.1 Å². The summed E-state index contributed by atoms with van der Waals surface area (Å²) in [6.45, 7) is 0. The average Bonchev–Trinajstić information content (AvgIpc) is 3.44. The van der Waals surface area contributed by atoms with Gasteiger partial charge in [-0.25, -0.2) is 8.78 Å². The molecule has 0 aliphatic heterocycles. The number of benzene rings is 4. The number of rotatable bonds is 8. The van der Waals surface area contributed by atoms with Gasteiger partial charge in [0.15, 0.2) is 0 Å². The number of halogens is 2. The van der Waals surface area contributed by atoms with E-state index in [9.17, 15) is 23.5 Å². The number of amidine groups is 1. The lowest BCUT2D eigenvalue weighted by Gasteiger charge is -2.16. The van der Waals surface area contributed by atoms with Crippen molar-refractivity contribution in [2.24, 2.45) is 0 Å². The van der Waals surface area contributed by atoms with Crippen LogP contribution in [0.5, 0.6) is 5.75 Å². The predicted octanol–water partition coefficient (Wildman–Crippen LogP) is 6.61. The second kappa shape index (κ2) is 11.7. The van der Waals surface area contributed by atoms with Gasteiger partial charge >= 0.3 is 5.97 Å². The molecule has 1 amide bonds. The molecular weight excluding hydrogens is 514 g/mol. The number of hydrogen-bond donors (Lipinski definition) is 3. The molecule has 0 unspecified atom stereocenters. The Morgan fingerprint density at radius 2 is 1.60 bits per heavy atom. The third kappa shape index (κ3) is 6.01. The van der Waals surface area contributed by atoms with Crippen LogP contribution in [0.3, 0.4) is 0 Å². The van der Waals surface area contributed by atoms with Crippen LogP contribution in [0.2, 0.25) is 0 Å². The quantitative estimate of drug-likeness (QED) is 0.172. The van der Waals surface area contributed by atoms with E-state index >= 15 is 0 Å². The number of carbonyl (C=O) groups is 2. The highest BCUT2D eigenvalue weighted by Gasteiger charge is 2.22. The van der Waals surface area contributed by atoms with Gasteiger partial charge in [0.05, 0.1) is 12.0 Å². The molecule has 204 valence electrons. The summed E-state index contributed by atoms with van der Waals surface area (Å²) in [4.78, 5) is 24.6. The largest absolute Gasteiger partial charge is 0.490 e. The van der Waals surface area contributed by atoms with Gasteiger partial charge in [-0.1, -0.05) is 48.5 Å². The molecule has 0 radical (unpaired) electrons. The van der Waals surface area contributed by atoms with E-state index in [1.165, 1.54) is 12.8 Å². The van der Waals surface area contributed by atoms with Gasteiger partial charge in [0.2, 0.25) is 0 Å². The Morgan fingerprint density at radius 1 is 0.925 bits per heavy atom. The molecule has 0 heterocycles. The van der Waals surface area contributed by atoms with Gasteiger partial charge in [-0.3, -0.25) is 15.0 Å². The van der Waals surface area contributed by atoms with Crippen LogP contribution in [0.1, 0.15) is 58.6 Å². The first-order chi connectivity index (χ1) is 19.3. The van der Waals surface area contributed by atoms with Crippen molar-refractivity contribution in [2.45, 2.75) is 44.1 Å². The fraction of sp³-hybridized carbons (Fsp3) is 0.219. The number of nitrogens with one attached hydrogen (secondary N) is 2. The van der Waals surface area contributed by atoms with Gasteiger partial charge < -0.3 is 15.2 Å². The molecule has 40 heavy (non-hydrogen) atoms. The summed E-state index contributed by atoms with van der Waals surface area (Å²) in [6.07, 6.45) is 4.89. The van der Waals surface area contributed by atoms with E-state index in [1.54, 1.807) is 30.3 Å². The molecule has 1 fully saturated rings. The number of amides is 1. The maximum Gasteiger partial charge on any atom is 0.311 e. The smallest absolute Gasteiger partial charge is 0.311 e. The van der Waals surface area contributed by atoms with Crippen molar-refractivity contribution in [2.75, 3.05) is 0 Å². The monoisotopic (exact) mass is 542 g/mol. The number of fused-ring (bicyclic) bond motifs is 1. The molecule has 1 aliphatic carbocycles. The molecule has 6 nitrogen and oxygen atoms in total. The van der Waals surface area contributed by atoms with Crippen molar-refractivity contribution in [3.05, 3.63) is 113 Å². The van der Waals surface area contributed by atoms with Crippen molar-refractivity contribution in [1.82, 2.24) is 5.32 Å². The normalized spacial score (nSPS) is 14.2. The first-order valence-corrected chi connectivity index (χ1v) is 13.1. The lowest BCUT2D eigenvalue weighted by atomic mass is 9.91. The van der Waals surface area contributed by atoms with Crippen molar-refractivity contribution in [3.8, 4) is 5.75 Å². The van der Waals surface area contributed by atoms with Gasteiger partial charge in [0.25, 0.3) is 5.91 Å². The van der Waals surface area contributed by atoms with Crippen molar-refractivity contribution < 1.29 is 28.2 Å². The summed E-state index contributed by atoms with van der Waals surface area (Å²) in [7, 11) is 0. The van der Waals surface area contributed by atoms with Crippen LogP contribution in [0.4, 0.5) is 8.78 Å². The maximum absolute atomic E-state index is 14.0. The maximum atomic E-state index is 14.0. The number of carboxylic acids is 1. The number of hydrogen-bond acceptors (Lipinski definition) is 4. The molecule has 0 bridgehead atoms. The molecule has 5 rings (SSSR count). The van der Waals surface area contributed by atoms with E-state index in [0.29, 0.717) is 11.1 Å². The van der Waals surface area contributed by atoms with Crippen LogP contribution in [0.25, 0.3) is 10.8 Å². The molecule has 4 aromatic carbocycles. The number of ether oxygens (including phenoxy) is 1. The number of carbonyl (C=O) groups excluding carboxylic acids is 1. The van der Waals surface area contributed by atoms with Crippen LogP contribution in [-0.4, -0.2) is 28.9 Å². The Balaban J connectivity index is 1.32. The Morgan fingerprint density at radius 3 is 2.27 bits per heavy atom. The summed E-state index contributed by atoms with van der Waals surface area (Å²) in [6, 6.07) is 21.0. The minimum Gasteiger partial charge on any atom is -0.490 e. The van der Waals surface area contributed by atoms with E-state index in [0.717, 1.165) is 53.1 Å². The SMILES string of the molecule is N=C(NC(=O)c1c(F)cccc1F)c1ccc2ccc(C[C@H](C(=O)O)c3ccc(OC4CCCC4)cc3)cc2c1. The van der Waals surface area contributed by atoms with Gasteiger partial charge in [0, 0.05) is 5.56 Å². The van der Waals surface area contributed by atoms with Crippen LogP contribution in [0.15, 0.2) is 78.9 Å². The predicted molar refractivity (Wildman–Crippen MR) is 148 cm³/mol. The van der Waals surface area contributed by atoms with Crippen LogP contribution in [-0.2, 0) is 11.2 Å². The fourth-order valence-corrected chi connectivity index (χ4v) is 5.10. The zero-order valence-electron chi connectivity index (χ0n) is 21.6. The summed E-state index contributed by atoms with van der Waals surface area (Å²) in [5, 5.41) is 22.1. The van der Waals surface area contributed by atoms with E-state index in [1.807, 2.05) is 30.3 Å².